The molecular formula is C23H17BrN6O4. The van der Waals surface area contributed by atoms with Gasteiger partial charge in [0.2, 0.25) is 5.82 Å². The molecule has 0 saturated carbocycles. The van der Waals surface area contributed by atoms with Crippen LogP contribution in [0.2, 0.25) is 0 Å². The van der Waals surface area contributed by atoms with Crippen molar-refractivity contribution in [3.8, 4) is 22.7 Å². The summed E-state index contributed by atoms with van der Waals surface area (Å²) in [4.78, 5) is 27.6. The van der Waals surface area contributed by atoms with Crippen molar-refractivity contribution in [1.29, 1.82) is 0 Å². The number of H-pyrrole nitrogens is 1. The molecule has 34 heavy (non-hydrogen) atoms. The molecule has 11 heteroatoms. The zero-order valence-electron chi connectivity index (χ0n) is 17.8. The molecule has 0 aliphatic heterocycles. The number of fused-ring (bicyclic) bond motifs is 1. The standard InChI is InChI=1S/C23H17BrN6O4/c1-2-18-25-19(31)10-16(23(32)33)30(18)11-12-7-8-17-15(9-12)20(24)21(34-17)13-5-3-4-6-14(13)22-26-28-29-27-22/h3-10H,2,11H2,1H3,(H,32,33)(H,26,27,28,29). The molecule has 5 rings (SSSR count). The van der Waals surface area contributed by atoms with E-state index in [0.717, 1.165) is 32.6 Å². The molecule has 0 radical (unpaired) electrons. The molecule has 170 valence electrons. The molecule has 2 aromatic carbocycles. The Hall–Kier alpha value is -4.12. The van der Waals surface area contributed by atoms with Crippen LogP contribution in [0.1, 0.15) is 28.8 Å². The van der Waals surface area contributed by atoms with Crippen LogP contribution in [0.25, 0.3) is 33.7 Å². The van der Waals surface area contributed by atoms with E-state index in [1.807, 2.05) is 49.4 Å². The number of benzene rings is 2. The summed E-state index contributed by atoms with van der Waals surface area (Å²) in [6.45, 7) is 2.06. The van der Waals surface area contributed by atoms with E-state index in [0.29, 0.717) is 29.4 Å². The number of hydrogen-bond acceptors (Lipinski definition) is 7. The van der Waals surface area contributed by atoms with E-state index in [9.17, 15) is 14.7 Å². The third kappa shape index (κ3) is 3.79. The van der Waals surface area contributed by atoms with Gasteiger partial charge >= 0.3 is 5.97 Å². The van der Waals surface area contributed by atoms with E-state index in [1.165, 1.54) is 0 Å². The molecule has 10 nitrogen and oxygen atoms in total. The highest BCUT2D eigenvalue weighted by atomic mass is 79.9. The second-order valence-electron chi connectivity index (χ2n) is 7.50. The molecule has 0 bridgehead atoms. The van der Waals surface area contributed by atoms with Gasteiger partial charge < -0.3 is 14.1 Å². The van der Waals surface area contributed by atoms with Gasteiger partial charge in [-0.15, -0.1) is 10.2 Å². The zero-order valence-corrected chi connectivity index (χ0v) is 19.4. The summed E-state index contributed by atoms with van der Waals surface area (Å²) < 4.78 is 8.45. The normalized spacial score (nSPS) is 11.2. The minimum Gasteiger partial charge on any atom is -0.477 e. The first-order chi connectivity index (χ1) is 16.5. The molecule has 0 unspecified atom stereocenters. The van der Waals surface area contributed by atoms with Crippen LogP contribution in [-0.2, 0) is 13.0 Å². The minimum absolute atomic E-state index is 0.0991. The average molecular weight is 521 g/mol. The second kappa shape index (κ2) is 8.67. The van der Waals surface area contributed by atoms with Crippen LogP contribution in [0.15, 0.2) is 62.2 Å². The number of furan rings is 1. The molecule has 0 fully saturated rings. The highest BCUT2D eigenvalue weighted by Crippen LogP contribution is 2.41. The van der Waals surface area contributed by atoms with Crippen molar-refractivity contribution in [2.24, 2.45) is 0 Å². The molecule has 0 spiro atoms. The minimum atomic E-state index is -1.18. The summed E-state index contributed by atoms with van der Waals surface area (Å²) in [6, 6.07) is 14.2. The summed E-state index contributed by atoms with van der Waals surface area (Å²) in [5.74, 6) is 0.284. The largest absolute Gasteiger partial charge is 0.477 e. The summed E-state index contributed by atoms with van der Waals surface area (Å²) in [5.41, 5.74) is 2.37. The number of carbonyl (C=O) groups is 1. The van der Waals surface area contributed by atoms with Crippen LogP contribution in [0.4, 0.5) is 0 Å². The Balaban J connectivity index is 1.60. The number of carboxylic acids is 1. The summed E-state index contributed by atoms with van der Waals surface area (Å²) >= 11 is 3.67. The number of rotatable bonds is 6. The van der Waals surface area contributed by atoms with Crippen LogP contribution in [0, 0.1) is 0 Å². The van der Waals surface area contributed by atoms with Gasteiger partial charge in [0.1, 0.15) is 22.9 Å². The van der Waals surface area contributed by atoms with E-state index < -0.39 is 11.5 Å². The van der Waals surface area contributed by atoms with Crippen molar-refractivity contribution in [3.05, 3.63) is 80.4 Å². The van der Waals surface area contributed by atoms with Crippen molar-refractivity contribution in [3.63, 3.8) is 0 Å². The topological polar surface area (TPSA) is 140 Å². The highest BCUT2D eigenvalue weighted by Gasteiger charge is 2.20. The Morgan fingerprint density at radius 2 is 1.97 bits per heavy atom. The van der Waals surface area contributed by atoms with Gasteiger partial charge in [0.05, 0.1) is 4.47 Å². The van der Waals surface area contributed by atoms with Gasteiger partial charge in [-0.3, -0.25) is 4.79 Å². The van der Waals surface area contributed by atoms with Gasteiger partial charge in [-0.05, 0) is 38.8 Å². The maximum Gasteiger partial charge on any atom is 0.352 e. The average Bonchev–Trinajstić information content (AvgIpc) is 3.48. The monoisotopic (exact) mass is 520 g/mol. The van der Waals surface area contributed by atoms with Gasteiger partial charge in [-0.1, -0.05) is 37.3 Å². The molecule has 3 aromatic heterocycles. The predicted octanol–water partition coefficient (Wildman–Crippen LogP) is 3.91. The van der Waals surface area contributed by atoms with Crippen molar-refractivity contribution >= 4 is 32.9 Å². The van der Waals surface area contributed by atoms with Crippen molar-refractivity contribution in [1.82, 2.24) is 30.2 Å². The lowest BCUT2D eigenvalue weighted by Gasteiger charge is -2.14. The molecule has 2 N–H and O–H groups in total. The molecule has 0 amide bonds. The van der Waals surface area contributed by atoms with E-state index in [4.69, 9.17) is 4.42 Å². The molecule has 3 heterocycles. The smallest absolute Gasteiger partial charge is 0.352 e. The number of aromatic nitrogens is 6. The number of carboxylic acid groups (broad SMARTS) is 1. The van der Waals surface area contributed by atoms with Crippen LogP contribution in [0.5, 0.6) is 0 Å². The van der Waals surface area contributed by atoms with Crippen molar-refractivity contribution in [2.75, 3.05) is 0 Å². The molecular weight excluding hydrogens is 504 g/mol. The number of aromatic amines is 1. The van der Waals surface area contributed by atoms with Crippen molar-refractivity contribution in [2.45, 2.75) is 19.9 Å². The number of nitrogens with one attached hydrogen (secondary N) is 1. The van der Waals surface area contributed by atoms with E-state index >= 15 is 0 Å². The highest BCUT2D eigenvalue weighted by molar-refractivity contribution is 9.10. The van der Waals surface area contributed by atoms with Crippen LogP contribution < -0.4 is 5.56 Å². The lowest BCUT2D eigenvalue weighted by Crippen LogP contribution is -2.24. The lowest BCUT2D eigenvalue weighted by molar-refractivity contribution is 0.0683. The van der Waals surface area contributed by atoms with E-state index in [-0.39, 0.29) is 12.2 Å². The van der Waals surface area contributed by atoms with Crippen LogP contribution in [0.3, 0.4) is 0 Å². The Bertz CT molecular complexity index is 1590. The van der Waals surface area contributed by atoms with Gasteiger partial charge in [0, 0.05) is 35.5 Å². The number of aryl methyl sites for hydroxylation is 1. The molecule has 0 aliphatic carbocycles. The number of tetrazole rings is 1. The number of halogens is 1. The number of aromatic carboxylic acids is 1. The second-order valence-corrected chi connectivity index (χ2v) is 8.29. The summed E-state index contributed by atoms with van der Waals surface area (Å²) in [5, 5.41) is 24.7. The summed E-state index contributed by atoms with van der Waals surface area (Å²) in [7, 11) is 0. The first kappa shape index (κ1) is 21.7. The van der Waals surface area contributed by atoms with Gasteiger partial charge in [-0.25, -0.2) is 4.79 Å². The Morgan fingerprint density at radius 1 is 1.18 bits per heavy atom. The van der Waals surface area contributed by atoms with Crippen molar-refractivity contribution < 1.29 is 14.3 Å². The first-order valence-corrected chi connectivity index (χ1v) is 11.1. The van der Waals surface area contributed by atoms with Gasteiger partial charge in [-0.2, -0.15) is 10.2 Å². The predicted molar refractivity (Wildman–Crippen MR) is 126 cm³/mol. The molecule has 0 aliphatic rings. The zero-order chi connectivity index (χ0) is 23.8. The SMILES string of the molecule is CCc1nc(=O)cc(C(=O)O)n1Cc1ccc2oc(-c3ccccc3-c3nn[nH]n3)c(Br)c2c1. The Kier molecular flexibility index (Phi) is 5.54. The third-order valence-corrected chi connectivity index (χ3v) is 6.21. The summed E-state index contributed by atoms with van der Waals surface area (Å²) in [6.07, 6.45) is 0.422. The lowest BCUT2D eigenvalue weighted by atomic mass is 10.0. The maximum absolute atomic E-state index is 11.8. The number of nitrogens with zero attached hydrogens (tertiary/aromatic N) is 5. The van der Waals surface area contributed by atoms with E-state index in [2.05, 4.69) is 41.5 Å². The molecule has 0 atom stereocenters. The van der Waals surface area contributed by atoms with E-state index in [1.54, 1.807) is 4.57 Å². The third-order valence-electron chi connectivity index (χ3n) is 5.43. The molecule has 5 aromatic rings. The fourth-order valence-electron chi connectivity index (χ4n) is 3.90. The fourth-order valence-corrected chi connectivity index (χ4v) is 4.50. The Labute approximate surface area is 200 Å². The first-order valence-electron chi connectivity index (χ1n) is 10.3. The number of hydrogen-bond donors (Lipinski definition) is 2. The fraction of sp³-hybridized carbons (Fsp3) is 0.130. The van der Waals surface area contributed by atoms with Crippen LogP contribution >= 0.6 is 15.9 Å². The maximum atomic E-state index is 11.8. The Morgan fingerprint density at radius 3 is 2.68 bits per heavy atom. The van der Waals surface area contributed by atoms with Gasteiger partial charge in [0.25, 0.3) is 5.56 Å². The van der Waals surface area contributed by atoms with Gasteiger partial charge in [0.15, 0.2) is 0 Å². The quantitative estimate of drug-likeness (QED) is 0.343. The molecule has 0 saturated heterocycles. The van der Waals surface area contributed by atoms with Crippen LogP contribution in [-0.4, -0.2) is 41.3 Å².